The Balaban J connectivity index is 1.65. The lowest BCUT2D eigenvalue weighted by molar-refractivity contribution is -0.120. The van der Waals surface area contributed by atoms with Gasteiger partial charge in [-0.3, -0.25) is 4.79 Å². The fourth-order valence-electron chi connectivity index (χ4n) is 2.25. The van der Waals surface area contributed by atoms with Gasteiger partial charge >= 0.3 is 0 Å². The number of amides is 1. The van der Waals surface area contributed by atoms with Gasteiger partial charge in [-0.15, -0.1) is 11.3 Å². The number of hydrogen-bond donors (Lipinski definition) is 2. The zero-order valence-electron chi connectivity index (χ0n) is 11.7. The summed E-state index contributed by atoms with van der Waals surface area (Å²) in [7, 11) is 0. The lowest BCUT2D eigenvalue weighted by Gasteiger charge is -2.08. The van der Waals surface area contributed by atoms with Gasteiger partial charge in [0, 0.05) is 27.2 Å². The minimum atomic E-state index is -0.125. The standard InChI is InChI=1S/C17H14ClNO2S/c18-13-4-1-11(2-5-13)10-19-16(20)9-12-3-6-15-14(17(12)21)7-8-22-15/h1-8,21H,9-10H2,(H,19,20). The third-order valence-electron chi connectivity index (χ3n) is 3.44. The molecule has 3 rings (SSSR count). The van der Waals surface area contributed by atoms with Gasteiger partial charge in [-0.05, 0) is 35.2 Å². The summed E-state index contributed by atoms with van der Waals surface area (Å²) in [4.78, 5) is 12.0. The van der Waals surface area contributed by atoms with Crippen LogP contribution >= 0.6 is 22.9 Å². The summed E-state index contributed by atoms with van der Waals surface area (Å²) in [5, 5.41) is 16.5. The number of fused-ring (bicyclic) bond motifs is 1. The second-order valence-corrected chi connectivity index (χ2v) is 6.37. The van der Waals surface area contributed by atoms with Gasteiger partial charge in [0.15, 0.2) is 0 Å². The number of hydrogen-bond acceptors (Lipinski definition) is 3. The molecule has 1 amide bonds. The van der Waals surface area contributed by atoms with Crippen LogP contribution in [0.15, 0.2) is 47.8 Å². The molecular weight excluding hydrogens is 318 g/mol. The molecule has 3 nitrogen and oxygen atoms in total. The fourth-order valence-corrected chi connectivity index (χ4v) is 3.17. The molecule has 0 unspecified atom stereocenters. The van der Waals surface area contributed by atoms with Crippen molar-refractivity contribution < 1.29 is 9.90 Å². The molecule has 0 atom stereocenters. The third kappa shape index (κ3) is 3.24. The number of phenols is 1. The molecule has 2 aromatic carbocycles. The maximum Gasteiger partial charge on any atom is 0.224 e. The number of aromatic hydroxyl groups is 1. The average Bonchev–Trinajstić information content (AvgIpc) is 2.99. The molecule has 0 aliphatic rings. The molecule has 0 saturated carbocycles. The molecule has 1 heterocycles. The molecular formula is C17H14ClNO2S. The van der Waals surface area contributed by atoms with Crippen molar-refractivity contribution >= 4 is 38.9 Å². The molecule has 0 bridgehead atoms. The molecule has 1 aromatic heterocycles. The summed E-state index contributed by atoms with van der Waals surface area (Å²) in [5.74, 6) is 0.0697. The summed E-state index contributed by atoms with van der Waals surface area (Å²) in [6, 6.07) is 12.9. The van der Waals surface area contributed by atoms with Gasteiger partial charge in [0.2, 0.25) is 5.91 Å². The van der Waals surface area contributed by atoms with E-state index in [0.717, 1.165) is 15.6 Å². The van der Waals surface area contributed by atoms with E-state index in [1.807, 2.05) is 29.6 Å². The van der Waals surface area contributed by atoms with Crippen LogP contribution in [0.4, 0.5) is 0 Å². The minimum Gasteiger partial charge on any atom is -0.507 e. The van der Waals surface area contributed by atoms with Gasteiger partial charge in [0.05, 0.1) is 6.42 Å². The number of rotatable bonds is 4. The normalized spacial score (nSPS) is 10.8. The average molecular weight is 332 g/mol. The molecule has 0 aliphatic carbocycles. The Morgan fingerprint density at radius 2 is 1.91 bits per heavy atom. The molecule has 22 heavy (non-hydrogen) atoms. The van der Waals surface area contributed by atoms with Gasteiger partial charge in [-0.1, -0.05) is 29.8 Å². The van der Waals surface area contributed by atoms with Crippen molar-refractivity contribution in [1.29, 1.82) is 0 Å². The molecule has 0 radical (unpaired) electrons. The molecule has 5 heteroatoms. The van der Waals surface area contributed by atoms with Crippen molar-refractivity contribution in [1.82, 2.24) is 5.32 Å². The van der Waals surface area contributed by atoms with Gasteiger partial charge in [-0.25, -0.2) is 0 Å². The molecule has 0 fully saturated rings. The van der Waals surface area contributed by atoms with E-state index in [1.165, 1.54) is 0 Å². The van der Waals surface area contributed by atoms with Crippen LogP contribution in [0.3, 0.4) is 0 Å². The van der Waals surface area contributed by atoms with Crippen molar-refractivity contribution in [3.8, 4) is 5.75 Å². The molecule has 112 valence electrons. The van der Waals surface area contributed by atoms with Crippen molar-refractivity contribution in [2.75, 3.05) is 0 Å². The quantitative estimate of drug-likeness (QED) is 0.755. The third-order valence-corrected chi connectivity index (χ3v) is 4.58. The number of thiophene rings is 1. The summed E-state index contributed by atoms with van der Waals surface area (Å²) >= 11 is 7.39. The highest BCUT2D eigenvalue weighted by atomic mass is 35.5. The van der Waals surface area contributed by atoms with E-state index in [-0.39, 0.29) is 18.1 Å². The molecule has 0 spiro atoms. The van der Waals surface area contributed by atoms with Crippen LogP contribution in [-0.2, 0) is 17.8 Å². The van der Waals surface area contributed by atoms with Crippen LogP contribution in [-0.4, -0.2) is 11.0 Å². The van der Waals surface area contributed by atoms with Crippen molar-refractivity contribution in [2.45, 2.75) is 13.0 Å². The van der Waals surface area contributed by atoms with E-state index in [4.69, 9.17) is 11.6 Å². The number of nitrogens with one attached hydrogen (secondary N) is 1. The summed E-state index contributed by atoms with van der Waals surface area (Å²) < 4.78 is 1.02. The first-order valence-corrected chi connectivity index (χ1v) is 8.08. The zero-order chi connectivity index (χ0) is 15.5. The van der Waals surface area contributed by atoms with Crippen molar-refractivity contribution in [3.63, 3.8) is 0 Å². The second-order valence-electron chi connectivity index (χ2n) is 4.99. The van der Waals surface area contributed by atoms with Crippen LogP contribution in [0.5, 0.6) is 5.75 Å². The minimum absolute atomic E-state index is 0.125. The van der Waals surface area contributed by atoms with Gasteiger partial charge < -0.3 is 10.4 Å². The first kappa shape index (κ1) is 14.9. The van der Waals surface area contributed by atoms with Gasteiger partial charge in [0.1, 0.15) is 5.75 Å². The van der Waals surface area contributed by atoms with E-state index < -0.39 is 0 Å². The van der Waals surface area contributed by atoms with E-state index >= 15 is 0 Å². The Morgan fingerprint density at radius 1 is 1.14 bits per heavy atom. The fraction of sp³-hybridized carbons (Fsp3) is 0.118. The highest BCUT2D eigenvalue weighted by Gasteiger charge is 2.11. The summed E-state index contributed by atoms with van der Waals surface area (Å²) in [6.07, 6.45) is 0.158. The summed E-state index contributed by atoms with van der Waals surface area (Å²) in [5.41, 5.74) is 1.62. The summed E-state index contributed by atoms with van der Waals surface area (Å²) in [6.45, 7) is 0.442. The highest BCUT2D eigenvalue weighted by molar-refractivity contribution is 7.17. The predicted octanol–water partition coefficient (Wildman–Crippen LogP) is 4.12. The zero-order valence-corrected chi connectivity index (χ0v) is 13.2. The number of halogens is 1. The highest BCUT2D eigenvalue weighted by Crippen LogP contribution is 2.32. The maximum atomic E-state index is 12.0. The Hall–Kier alpha value is -2.04. The number of benzene rings is 2. The first-order valence-electron chi connectivity index (χ1n) is 6.82. The number of carbonyl (C=O) groups is 1. The molecule has 0 aliphatic heterocycles. The van der Waals surface area contributed by atoms with Crippen LogP contribution in [0, 0.1) is 0 Å². The smallest absolute Gasteiger partial charge is 0.224 e. The number of carbonyl (C=O) groups excluding carboxylic acids is 1. The Kier molecular flexibility index (Phi) is 4.32. The maximum absolute atomic E-state index is 12.0. The molecule has 0 saturated heterocycles. The lowest BCUT2D eigenvalue weighted by atomic mass is 10.1. The number of phenolic OH excluding ortho intramolecular Hbond substituents is 1. The monoisotopic (exact) mass is 331 g/mol. The molecule has 2 N–H and O–H groups in total. The van der Waals surface area contributed by atoms with Crippen LogP contribution in [0.2, 0.25) is 5.02 Å². The topological polar surface area (TPSA) is 49.3 Å². The van der Waals surface area contributed by atoms with E-state index in [1.54, 1.807) is 29.5 Å². The van der Waals surface area contributed by atoms with E-state index in [0.29, 0.717) is 17.1 Å². The molecule has 3 aromatic rings. The van der Waals surface area contributed by atoms with E-state index in [9.17, 15) is 9.90 Å². The Bertz CT molecular complexity index is 811. The van der Waals surface area contributed by atoms with Crippen LogP contribution in [0.1, 0.15) is 11.1 Å². The Morgan fingerprint density at radius 3 is 2.68 bits per heavy atom. The van der Waals surface area contributed by atoms with E-state index in [2.05, 4.69) is 5.32 Å². The van der Waals surface area contributed by atoms with Gasteiger partial charge in [-0.2, -0.15) is 0 Å². The second kappa shape index (κ2) is 6.38. The van der Waals surface area contributed by atoms with Crippen LogP contribution in [0.25, 0.3) is 10.1 Å². The largest absolute Gasteiger partial charge is 0.507 e. The SMILES string of the molecule is O=C(Cc1ccc2sccc2c1O)NCc1ccc(Cl)cc1. The van der Waals surface area contributed by atoms with Gasteiger partial charge in [0.25, 0.3) is 0 Å². The Labute approximate surface area is 137 Å². The lowest BCUT2D eigenvalue weighted by Crippen LogP contribution is -2.24. The first-order chi connectivity index (χ1) is 10.6. The van der Waals surface area contributed by atoms with Crippen molar-refractivity contribution in [3.05, 3.63) is 64.0 Å². The van der Waals surface area contributed by atoms with Crippen LogP contribution < -0.4 is 5.32 Å². The van der Waals surface area contributed by atoms with Crippen molar-refractivity contribution in [2.24, 2.45) is 0 Å². The predicted molar refractivity (Wildman–Crippen MR) is 90.5 cm³/mol.